The fraction of sp³-hybridized carbons (Fsp3) is 0.455. The number of halogens is 1. The molecule has 0 amide bonds. The molecule has 1 aliphatic heterocycles. The van der Waals surface area contributed by atoms with Crippen LogP contribution in [-0.4, -0.2) is 40.5 Å². The molecule has 1 aliphatic rings. The van der Waals surface area contributed by atoms with E-state index in [1.807, 2.05) is 0 Å². The zero-order chi connectivity index (χ0) is 20.1. The molecule has 28 heavy (non-hydrogen) atoms. The molecule has 0 radical (unpaired) electrons. The molecule has 1 unspecified atom stereocenters. The number of aryl methyl sites for hydroxylation is 2. The summed E-state index contributed by atoms with van der Waals surface area (Å²) in [5, 5.41) is 1.19. The number of ether oxygens (including phenoxy) is 2. The number of anilines is 1. The van der Waals surface area contributed by atoms with Crippen molar-refractivity contribution in [3.63, 3.8) is 0 Å². The van der Waals surface area contributed by atoms with Crippen LogP contribution in [0.3, 0.4) is 0 Å². The molecule has 0 fully saturated rings. The summed E-state index contributed by atoms with van der Waals surface area (Å²) in [6.07, 6.45) is 1.98. The Balaban J connectivity index is 2.16. The molecule has 1 heterocycles. The first-order valence-corrected chi connectivity index (χ1v) is 13.5. The lowest BCUT2D eigenvalue weighted by Gasteiger charge is -2.27. The first kappa shape index (κ1) is 21.7. The van der Waals surface area contributed by atoms with E-state index >= 15 is 0 Å². The maximum Gasteiger partial charge on any atom is 0.0809 e. The van der Waals surface area contributed by atoms with Crippen molar-refractivity contribution in [3.05, 3.63) is 51.3 Å². The van der Waals surface area contributed by atoms with Crippen molar-refractivity contribution in [2.45, 2.75) is 31.6 Å². The van der Waals surface area contributed by atoms with Gasteiger partial charge < -0.3 is 14.4 Å². The Kier molecular flexibility index (Phi) is 7.91. The van der Waals surface area contributed by atoms with E-state index in [0.717, 1.165) is 25.9 Å². The summed E-state index contributed by atoms with van der Waals surface area (Å²) in [6.45, 7) is 7.53. The lowest BCUT2D eigenvalue weighted by molar-refractivity contribution is 0.190. The summed E-state index contributed by atoms with van der Waals surface area (Å²) in [5.41, 5.74) is 5.07. The fourth-order valence-electron chi connectivity index (χ4n) is 3.49. The smallest absolute Gasteiger partial charge is 0.0809 e. The molecule has 0 spiro atoms. The molecule has 2 aromatic carbocycles. The minimum absolute atomic E-state index is 0.0150. The zero-order valence-corrected chi connectivity index (χ0v) is 20.1. The predicted octanol–water partition coefficient (Wildman–Crippen LogP) is 5.10. The summed E-state index contributed by atoms with van der Waals surface area (Å²) in [7, 11) is 3.49. The number of nitrogens with zero attached hydrogens (tertiary/aromatic N) is 2. The normalized spacial score (nSPS) is 15.0. The van der Waals surface area contributed by atoms with Gasteiger partial charge in [0.05, 0.1) is 24.3 Å². The number of hydrogen-bond acceptors (Lipinski definition) is 4. The number of rotatable bonds is 9. The standard InChI is InChI=1S/C22H29IN2O2S/c1-5-16-8-7-9-19-21(16)24-22-17(6-2)14-18(15-20(22)28(19)23)25(10-12-26-3)11-13-27-4/h7-9,14-15H,5-6,10-13H2,1-4H3. The maximum absolute atomic E-state index is 5.34. The Morgan fingerprint density at radius 2 is 1.68 bits per heavy atom. The van der Waals surface area contributed by atoms with Gasteiger partial charge in [0, 0.05) is 42.4 Å². The third-order valence-corrected chi connectivity index (χ3v) is 9.35. The minimum atomic E-state index is -0.0150. The van der Waals surface area contributed by atoms with Crippen LogP contribution < -0.4 is 10.3 Å². The number of hydrogen-bond donors (Lipinski definition) is 0. The van der Waals surface area contributed by atoms with Crippen molar-refractivity contribution >= 4 is 40.2 Å². The van der Waals surface area contributed by atoms with Gasteiger partial charge in [0.1, 0.15) is 0 Å². The van der Waals surface area contributed by atoms with Crippen molar-refractivity contribution in [1.82, 2.24) is 0 Å². The largest absolute Gasteiger partial charge is 0.383 e. The quantitative estimate of drug-likeness (QED) is 0.346. The lowest BCUT2D eigenvalue weighted by Crippen LogP contribution is -2.30. The van der Waals surface area contributed by atoms with E-state index in [1.165, 1.54) is 37.3 Å². The Morgan fingerprint density at radius 3 is 2.29 bits per heavy atom. The Morgan fingerprint density at radius 1 is 1.00 bits per heavy atom. The van der Waals surface area contributed by atoms with E-state index in [4.69, 9.17) is 14.5 Å². The van der Waals surface area contributed by atoms with Gasteiger partial charge in [-0.1, -0.05) is 33.6 Å². The van der Waals surface area contributed by atoms with Crippen LogP contribution in [0.4, 0.5) is 11.4 Å². The monoisotopic (exact) mass is 512 g/mol. The van der Waals surface area contributed by atoms with Crippen molar-refractivity contribution in [2.75, 3.05) is 45.4 Å². The lowest BCUT2D eigenvalue weighted by atomic mass is 10.1. The summed E-state index contributed by atoms with van der Waals surface area (Å²) in [6, 6.07) is 11.3. The van der Waals surface area contributed by atoms with Crippen molar-refractivity contribution in [3.8, 4) is 0 Å². The van der Waals surface area contributed by atoms with Crippen LogP contribution >= 0.6 is 28.9 Å². The predicted molar refractivity (Wildman–Crippen MR) is 127 cm³/mol. The van der Waals surface area contributed by atoms with Crippen LogP contribution in [0.1, 0.15) is 25.0 Å². The van der Waals surface area contributed by atoms with Crippen molar-refractivity contribution < 1.29 is 9.47 Å². The molecule has 152 valence electrons. The molecule has 2 aromatic rings. The van der Waals surface area contributed by atoms with Crippen LogP contribution in [-0.2, 0) is 22.3 Å². The summed E-state index contributed by atoms with van der Waals surface area (Å²) in [5.74, 6) is 0. The van der Waals surface area contributed by atoms with Crippen LogP contribution in [0, 0.1) is 4.51 Å². The molecule has 4 nitrogen and oxygen atoms in total. The Bertz CT molecular complexity index is 954. The Labute approximate surface area is 182 Å². The van der Waals surface area contributed by atoms with E-state index in [0.29, 0.717) is 13.2 Å². The second-order valence-electron chi connectivity index (χ2n) is 6.76. The molecule has 0 bridgehead atoms. The zero-order valence-electron chi connectivity index (χ0n) is 17.1. The summed E-state index contributed by atoms with van der Waals surface area (Å²) >= 11 is 2.60. The van der Waals surface area contributed by atoms with E-state index < -0.39 is 0 Å². The summed E-state index contributed by atoms with van der Waals surface area (Å²) in [4.78, 5) is 8.86. The highest BCUT2D eigenvalue weighted by molar-refractivity contribution is 14.2. The number of para-hydroxylation sites is 1. The first-order chi connectivity index (χ1) is 13.6. The van der Waals surface area contributed by atoms with Gasteiger partial charge in [0.25, 0.3) is 0 Å². The van der Waals surface area contributed by atoms with Gasteiger partial charge in [0.15, 0.2) is 0 Å². The molecule has 0 aromatic heterocycles. The second-order valence-corrected chi connectivity index (χ2v) is 10.8. The van der Waals surface area contributed by atoms with Gasteiger partial charge in [-0.15, -0.1) is 0 Å². The molecule has 0 saturated carbocycles. The van der Waals surface area contributed by atoms with E-state index in [2.05, 4.69) is 70.3 Å². The van der Waals surface area contributed by atoms with Crippen molar-refractivity contribution in [1.29, 1.82) is 0 Å². The molecule has 0 N–H and O–H groups in total. The van der Waals surface area contributed by atoms with Crippen molar-refractivity contribution in [2.24, 2.45) is 4.99 Å². The van der Waals surface area contributed by atoms with E-state index in [1.54, 1.807) is 14.2 Å². The molecule has 0 aliphatic carbocycles. The highest BCUT2D eigenvalue weighted by Crippen LogP contribution is 2.47. The highest BCUT2D eigenvalue weighted by Gasteiger charge is 2.19. The average Bonchev–Trinajstić information content (AvgIpc) is 2.73. The van der Waals surface area contributed by atoms with Gasteiger partial charge in [-0.3, -0.25) is 0 Å². The maximum atomic E-state index is 5.34. The highest BCUT2D eigenvalue weighted by atomic mass is 127. The number of benzene rings is 2. The van der Waals surface area contributed by atoms with Gasteiger partial charge in [-0.25, -0.2) is 4.99 Å². The third-order valence-electron chi connectivity index (χ3n) is 5.09. The minimum Gasteiger partial charge on any atom is -0.383 e. The molecular formula is C22H29IN2O2S. The number of methoxy groups -OCH3 is 2. The topological polar surface area (TPSA) is 34.1 Å². The molecule has 6 heteroatoms. The Hall–Kier alpha value is -0.960. The van der Waals surface area contributed by atoms with E-state index in [9.17, 15) is 0 Å². The first-order valence-electron chi connectivity index (χ1n) is 9.78. The van der Waals surface area contributed by atoms with Gasteiger partial charge in [-0.05, 0) is 63.4 Å². The van der Waals surface area contributed by atoms with Crippen LogP contribution in [0.25, 0.3) is 0 Å². The third kappa shape index (κ3) is 4.45. The molecule has 0 saturated heterocycles. The second kappa shape index (κ2) is 10.2. The fourth-order valence-corrected chi connectivity index (χ4v) is 6.92. The van der Waals surface area contributed by atoms with Gasteiger partial charge in [-0.2, -0.15) is 0 Å². The van der Waals surface area contributed by atoms with Crippen LogP contribution in [0.2, 0.25) is 0 Å². The van der Waals surface area contributed by atoms with Crippen LogP contribution in [0.5, 0.6) is 0 Å². The van der Waals surface area contributed by atoms with Gasteiger partial charge in [0.2, 0.25) is 0 Å². The molecule has 1 atom stereocenters. The average molecular weight is 512 g/mol. The summed E-state index contributed by atoms with van der Waals surface area (Å²) < 4.78 is 12.0. The SMILES string of the molecule is CCc1cc(N(CCOC)CCOC)cc2c1N=c1c(CC)cccc1=S2I. The molecular weight excluding hydrogens is 483 g/mol. The van der Waals surface area contributed by atoms with Gasteiger partial charge >= 0.3 is 0 Å². The molecule has 3 rings (SSSR count). The van der Waals surface area contributed by atoms with E-state index in [-0.39, 0.29) is 7.66 Å². The number of fused-ring (bicyclic) bond motifs is 2. The van der Waals surface area contributed by atoms with Crippen LogP contribution in [0.15, 0.2) is 40.2 Å².